The van der Waals surface area contributed by atoms with Crippen LogP contribution in [0.25, 0.3) is 11.3 Å². The van der Waals surface area contributed by atoms with E-state index in [-0.39, 0.29) is 5.82 Å². The molecule has 178 valence electrons. The Bertz CT molecular complexity index is 1300. The number of aromatic nitrogens is 1. The summed E-state index contributed by atoms with van der Waals surface area (Å²) in [6.45, 7) is 2.88. The van der Waals surface area contributed by atoms with Crippen molar-refractivity contribution in [2.75, 3.05) is 6.54 Å². The smallest absolute Gasteiger partial charge is 0.163 e. The minimum absolute atomic E-state index is 0.321. The lowest BCUT2D eigenvalue weighted by molar-refractivity contribution is 0.355. The number of amidine groups is 1. The third-order valence-corrected chi connectivity index (χ3v) is 6.44. The second kappa shape index (κ2) is 10.7. The Morgan fingerprint density at radius 1 is 1.06 bits per heavy atom. The van der Waals surface area contributed by atoms with E-state index in [4.69, 9.17) is 4.52 Å². The third-order valence-electron chi connectivity index (χ3n) is 6.44. The number of halogens is 1. The third kappa shape index (κ3) is 5.53. The molecule has 2 aliphatic rings. The standard InChI is InChI=1S/C29H29FN4O/c1-2-3-7-20-12-14-22(15-13-20)27-17-23(35-34-27)16-21-8-6-11-26-28(19-31-18-21)33-29(32-26)24-9-4-5-10-25(24)30/h4-5,9-15,17,19,21H,2-3,6-8,16,18H2,1H3/b26-11+,31-19?. The van der Waals surface area contributed by atoms with Crippen molar-refractivity contribution >= 4 is 17.8 Å². The van der Waals surface area contributed by atoms with Crippen molar-refractivity contribution in [3.63, 3.8) is 0 Å². The van der Waals surface area contributed by atoms with Crippen LogP contribution in [-0.2, 0) is 12.8 Å². The lowest BCUT2D eigenvalue weighted by Crippen LogP contribution is -2.08. The lowest BCUT2D eigenvalue weighted by Gasteiger charge is -2.10. The predicted octanol–water partition coefficient (Wildman–Crippen LogP) is 6.63. The first kappa shape index (κ1) is 23.1. The van der Waals surface area contributed by atoms with E-state index in [1.165, 1.54) is 24.5 Å². The molecule has 2 aliphatic heterocycles. The average molecular weight is 469 g/mol. The van der Waals surface area contributed by atoms with Crippen LogP contribution in [0.1, 0.15) is 49.5 Å². The molecule has 5 rings (SSSR count). The van der Waals surface area contributed by atoms with Crippen LogP contribution in [0.2, 0.25) is 0 Å². The highest BCUT2D eigenvalue weighted by molar-refractivity contribution is 6.42. The Labute approximate surface area is 205 Å². The van der Waals surface area contributed by atoms with Gasteiger partial charge in [-0.1, -0.05) is 61.0 Å². The lowest BCUT2D eigenvalue weighted by atomic mass is 9.97. The van der Waals surface area contributed by atoms with Gasteiger partial charge in [-0.05, 0) is 49.3 Å². The molecule has 3 aromatic rings. The maximum atomic E-state index is 14.2. The van der Waals surface area contributed by atoms with Crippen molar-refractivity contribution in [3.05, 3.63) is 89.1 Å². The van der Waals surface area contributed by atoms with E-state index in [9.17, 15) is 4.39 Å². The molecule has 0 N–H and O–H groups in total. The summed E-state index contributed by atoms with van der Waals surface area (Å²) in [6.07, 6.45) is 9.92. The van der Waals surface area contributed by atoms with Crippen molar-refractivity contribution in [1.29, 1.82) is 0 Å². The molecule has 2 aromatic carbocycles. The van der Waals surface area contributed by atoms with Crippen LogP contribution in [0, 0.1) is 11.7 Å². The summed E-state index contributed by atoms with van der Waals surface area (Å²) in [6, 6.07) is 17.2. The van der Waals surface area contributed by atoms with Gasteiger partial charge in [-0.2, -0.15) is 0 Å². The SMILES string of the molecule is CCCCc1ccc(-c2cc(CC3CC/C=C4/N=C(c5ccccc5F)N=C4C=NC3)on2)cc1. The molecule has 0 amide bonds. The maximum absolute atomic E-state index is 14.2. The number of allylic oxidation sites excluding steroid dienone is 2. The van der Waals surface area contributed by atoms with Crippen LogP contribution in [0.15, 0.2) is 85.9 Å². The summed E-state index contributed by atoms with van der Waals surface area (Å²) in [5.41, 5.74) is 5.16. The molecular formula is C29H29FN4O. The van der Waals surface area contributed by atoms with E-state index < -0.39 is 0 Å². The summed E-state index contributed by atoms with van der Waals surface area (Å²) in [4.78, 5) is 13.7. The first-order valence-corrected chi connectivity index (χ1v) is 12.4. The number of nitrogens with zero attached hydrogens (tertiary/aromatic N) is 4. The van der Waals surface area contributed by atoms with Gasteiger partial charge in [-0.3, -0.25) is 4.99 Å². The van der Waals surface area contributed by atoms with Gasteiger partial charge < -0.3 is 4.52 Å². The molecular weight excluding hydrogens is 439 g/mol. The minimum atomic E-state index is -0.321. The van der Waals surface area contributed by atoms with Gasteiger partial charge in [0.1, 0.15) is 23.0 Å². The number of hydrogen-bond acceptors (Lipinski definition) is 5. The molecule has 0 saturated heterocycles. The largest absolute Gasteiger partial charge is 0.361 e. The fourth-order valence-corrected chi connectivity index (χ4v) is 4.43. The fraction of sp³-hybridized carbons (Fsp3) is 0.310. The van der Waals surface area contributed by atoms with Gasteiger partial charge in [0.2, 0.25) is 0 Å². The Kier molecular flexibility index (Phi) is 7.07. The number of benzene rings is 2. The van der Waals surface area contributed by atoms with Crippen molar-refractivity contribution in [2.45, 2.75) is 45.4 Å². The molecule has 0 radical (unpaired) electrons. The Morgan fingerprint density at radius 3 is 2.74 bits per heavy atom. The van der Waals surface area contributed by atoms with E-state index in [0.717, 1.165) is 48.4 Å². The topological polar surface area (TPSA) is 63.1 Å². The Hall–Kier alpha value is -3.67. The maximum Gasteiger partial charge on any atom is 0.163 e. The van der Waals surface area contributed by atoms with Crippen molar-refractivity contribution < 1.29 is 8.91 Å². The first-order chi connectivity index (χ1) is 17.2. The molecule has 0 fully saturated rings. The molecule has 1 unspecified atom stereocenters. The zero-order valence-electron chi connectivity index (χ0n) is 20.0. The van der Waals surface area contributed by atoms with Gasteiger partial charge in [0, 0.05) is 30.8 Å². The molecule has 0 saturated carbocycles. The number of aliphatic imine (C=N–C) groups is 3. The van der Waals surface area contributed by atoms with Gasteiger partial charge in [0.15, 0.2) is 5.84 Å². The van der Waals surface area contributed by atoms with Gasteiger partial charge in [-0.25, -0.2) is 14.4 Å². The van der Waals surface area contributed by atoms with Crippen LogP contribution < -0.4 is 0 Å². The summed E-state index contributed by atoms with van der Waals surface area (Å²) < 4.78 is 19.8. The van der Waals surface area contributed by atoms with E-state index in [1.807, 2.05) is 6.07 Å². The Morgan fingerprint density at radius 2 is 1.91 bits per heavy atom. The van der Waals surface area contributed by atoms with E-state index >= 15 is 0 Å². The normalized spacial score (nSPS) is 19.1. The Balaban J connectivity index is 1.23. The molecule has 5 nitrogen and oxygen atoms in total. The van der Waals surface area contributed by atoms with Crippen molar-refractivity contribution in [2.24, 2.45) is 20.9 Å². The van der Waals surface area contributed by atoms with Crippen molar-refractivity contribution in [3.8, 4) is 11.3 Å². The quantitative estimate of drug-likeness (QED) is 0.391. The van der Waals surface area contributed by atoms with E-state index in [0.29, 0.717) is 29.6 Å². The number of aryl methyl sites for hydroxylation is 1. The highest BCUT2D eigenvalue weighted by Crippen LogP contribution is 2.25. The average Bonchev–Trinajstić information content (AvgIpc) is 3.51. The fourth-order valence-electron chi connectivity index (χ4n) is 4.43. The molecule has 6 heteroatoms. The highest BCUT2D eigenvalue weighted by atomic mass is 19.1. The second-order valence-corrected chi connectivity index (χ2v) is 9.12. The van der Waals surface area contributed by atoms with E-state index in [1.54, 1.807) is 24.4 Å². The van der Waals surface area contributed by atoms with Crippen LogP contribution in [-0.4, -0.2) is 29.5 Å². The zero-order valence-corrected chi connectivity index (χ0v) is 20.0. The summed E-state index contributed by atoms with van der Waals surface area (Å²) in [7, 11) is 0. The molecule has 0 bridgehead atoms. The van der Waals surface area contributed by atoms with Crippen LogP contribution in [0.3, 0.4) is 0 Å². The zero-order chi connectivity index (χ0) is 24.0. The van der Waals surface area contributed by atoms with Gasteiger partial charge >= 0.3 is 0 Å². The molecule has 0 aliphatic carbocycles. The van der Waals surface area contributed by atoms with E-state index in [2.05, 4.69) is 57.4 Å². The van der Waals surface area contributed by atoms with Gasteiger partial charge in [-0.15, -0.1) is 0 Å². The summed E-state index contributed by atoms with van der Waals surface area (Å²) in [5.74, 6) is 1.29. The number of unbranched alkanes of at least 4 members (excludes halogenated alkanes) is 1. The molecule has 1 aromatic heterocycles. The number of fused-ring (bicyclic) bond motifs is 1. The molecule has 35 heavy (non-hydrogen) atoms. The second-order valence-electron chi connectivity index (χ2n) is 9.12. The van der Waals surface area contributed by atoms with Crippen molar-refractivity contribution in [1.82, 2.24) is 5.16 Å². The highest BCUT2D eigenvalue weighted by Gasteiger charge is 2.21. The summed E-state index contributed by atoms with van der Waals surface area (Å²) >= 11 is 0. The van der Waals surface area contributed by atoms with Gasteiger partial charge in [0.05, 0.1) is 11.3 Å². The molecule has 3 heterocycles. The molecule has 0 spiro atoms. The van der Waals surface area contributed by atoms with Gasteiger partial charge in [0.25, 0.3) is 0 Å². The molecule has 1 atom stereocenters. The number of hydrogen-bond donors (Lipinski definition) is 0. The minimum Gasteiger partial charge on any atom is -0.361 e. The van der Waals surface area contributed by atoms with Crippen LogP contribution in [0.5, 0.6) is 0 Å². The van der Waals surface area contributed by atoms with Crippen LogP contribution >= 0.6 is 0 Å². The number of rotatable bonds is 7. The summed E-state index contributed by atoms with van der Waals surface area (Å²) in [5, 5.41) is 4.30. The monoisotopic (exact) mass is 468 g/mol. The van der Waals surface area contributed by atoms with Crippen LogP contribution in [0.4, 0.5) is 4.39 Å². The predicted molar refractivity (Wildman–Crippen MR) is 139 cm³/mol. The first-order valence-electron chi connectivity index (χ1n) is 12.4.